The molecule has 30 heavy (non-hydrogen) atoms. The number of carbonyl (C=O) groups is 1. The lowest BCUT2D eigenvalue weighted by Gasteiger charge is -2.47. The van der Waals surface area contributed by atoms with Gasteiger partial charge in [0.15, 0.2) is 0 Å². The highest BCUT2D eigenvalue weighted by Gasteiger charge is 2.39. The number of nitrogens with two attached hydrogens (primary N) is 1. The van der Waals surface area contributed by atoms with E-state index in [9.17, 15) is 4.79 Å². The summed E-state index contributed by atoms with van der Waals surface area (Å²) in [5, 5.41) is 6.31. The molecule has 0 unspecified atom stereocenters. The summed E-state index contributed by atoms with van der Waals surface area (Å²) < 4.78 is 0. The number of nitrogen functional groups attached to an aromatic ring is 1. The number of rotatable bonds is 5. The second-order valence-electron chi connectivity index (χ2n) is 8.61. The second-order valence-corrected chi connectivity index (χ2v) is 8.61. The predicted octanol–water partition coefficient (Wildman–Crippen LogP) is 2.69. The van der Waals surface area contributed by atoms with Crippen molar-refractivity contribution in [2.24, 2.45) is 5.92 Å². The number of nitrogens with one attached hydrogen (secondary N) is 2. The van der Waals surface area contributed by atoms with Crippen molar-refractivity contribution in [3.63, 3.8) is 0 Å². The second kappa shape index (κ2) is 9.00. The molecule has 1 aliphatic carbocycles. The lowest BCUT2D eigenvalue weighted by Crippen LogP contribution is -2.59. The van der Waals surface area contributed by atoms with Crippen LogP contribution in [0.3, 0.4) is 0 Å². The topological polar surface area (TPSA) is 96.2 Å². The zero-order valence-electron chi connectivity index (χ0n) is 17.8. The molecule has 7 nitrogen and oxygen atoms in total. The van der Waals surface area contributed by atoms with Gasteiger partial charge in [-0.1, -0.05) is 37.3 Å². The summed E-state index contributed by atoms with van der Waals surface area (Å²) in [4.78, 5) is 23.9. The molecular weight excluding hydrogens is 376 g/mol. The number of nitrogens with zero attached hydrogens (tertiary/aromatic N) is 3. The molecule has 4 N–H and O–H groups in total. The van der Waals surface area contributed by atoms with Gasteiger partial charge in [0.1, 0.15) is 0 Å². The molecule has 160 valence electrons. The Bertz CT molecular complexity index is 873. The van der Waals surface area contributed by atoms with Crippen molar-refractivity contribution in [2.75, 3.05) is 18.8 Å². The highest BCUT2D eigenvalue weighted by Crippen LogP contribution is 2.34. The van der Waals surface area contributed by atoms with Crippen LogP contribution in [0.25, 0.3) is 0 Å². The quantitative estimate of drug-likeness (QED) is 0.707. The number of anilines is 1. The minimum Gasteiger partial charge on any atom is -0.368 e. The van der Waals surface area contributed by atoms with E-state index in [1.165, 1.54) is 5.56 Å². The Morgan fingerprint density at radius 1 is 1.30 bits per heavy atom. The van der Waals surface area contributed by atoms with Crippen LogP contribution in [0.1, 0.15) is 49.6 Å². The number of carbonyl (C=O) groups excluding carboxylic acids is 1. The number of fused-ring (bicyclic) bond motifs is 2. The molecule has 0 spiro atoms. The lowest BCUT2D eigenvalue weighted by atomic mass is 9.76. The first-order valence-electron chi connectivity index (χ1n) is 11.0. The van der Waals surface area contributed by atoms with Gasteiger partial charge < -0.3 is 16.4 Å². The molecule has 0 bridgehead atoms. The Morgan fingerprint density at radius 2 is 2.10 bits per heavy atom. The Morgan fingerprint density at radius 3 is 2.87 bits per heavy atom. The Balaban J connectivity index is 1.42. The van der Waals surface area contributed by atoms with E-state index < -0.39 is 0 Å². The van der Waals surface area contributed by atoms with Gasteiger partial charge in [0.05, 0.1) is 6.04 Å². The van der Waals surface area contributed by atoms with Gasteiger partial charge in [0, 0.05) is 30.5 Å². The number of amides is 2. The van der Waals surface area contributed by atoms with E-state index in [0.717, 1.165) is 50.0 Å². The third-order valence-corrected chi connectivity index (χ3v) is 6.41. The van der Waals surface area contributed by atoms with Crippen LogP contribution in [0.15, 0.2) is 36.5 Å². The van der Waals surface area contributed by atoms with Crippen LogP contribution < -0.4 is 16.4 Å². The lowest BCUT2D eigenvalue weighted by molar-refractivity contribution is 0.0644. The van der Waals surface area contributed by atoms with E-state index in [0.29, 0.717) is 17.9 Å². The fourth-order valence-corrected chi connectivity index (χ4v) is 5.00. The molecule has 1 fully saturated rings. The van der Waals surface area contributed by atoms with E-state index in [1.54, 1.807) is 0 Å². The fourth-order valence-electron chi connectivity index (χ4n) is 5.00. The molecule has 0 saturated carbocycles. The van der Waals surface area contributed by atoms with E-state index in [4.69, 9.17) is 5.73 Å². The summed E-state index contributed by atoms with van der Waals surface area (Å²) in [5.74, 6) is 0.807. The van der Waals surface area contributed by atoms with Crippen molar-refractivity contribution >= 4 is 12.0 Å². The third kappa shape index (κ3) is 4.56. The molecule has 4 atom stereocenters. The average molecular weight is 409 g/mol. The number of urea groups is 1. The van der Waals surface area contributed by atoms with E-state index in [1.807, 2.05) is 43.5 Å². The van der Waals surface area contributed by atoms with E-state index >= 15 is 0 Å². The van der Waals surface area contributed by atoms with E-state index in [-0.39, 0.29) is 18.1 Å². The summed E-state index contributed by atoms with van der Waals surface area (Å²) in [6.07, 6.45) is 5.80. The van der Waals surface area contributed by atoms with Gasteiger partial charge in [-0.05, 0) is 56.2 Å². The van der Waals surface area contributed by atoms with Crippen LogP contribution in [-0.2, 0) is 12.8 Å². The molecule has 1 aromatic heterocycles. The van der Waals surface area contributed by atoms with Crippen LogP contribution in [0.2, 0.25) is 0 Å². The zero-order valence-corrected chi connectivity index (χ0v) is 17.8. The summed E-state index contributed by atoms with van der Waals surface area (Å²) in [6, 6.07) is 10.5. The maximum absolute atomic E-state index is 12.7. The summed E-state index contributed by atoms with van der Waals surface area (Å²) in [7, 11) is 0. The van der Waals surface area contributed by atoms with Gasteiger partial charge >= 0.3 is 6.03 Å². The number of likely N-dealkylation sites (tertiary alicyclic amines) is 1. The van der Waals surface area contributed by atoms with Crippen LogP contribution in [0.5, 0.6) is 0 Å². The summed E-state index contributed by atoms with van der Waals surface area (Å²) >= 11 is 0. The third-order valence-electron chi connectivity index (χ3n) is 6.41. The highest BCUT2D eigenvalue weighted by molar-refractivity contribution is 5.74. The maximum atomic E-state index is 12.7. The molecule has 1 aliphatic heterocycles. The zero-order chi connectivity index (χ0) is 21.1. The number of aromatic nitrogens is 2. The van der Waals surface area contributed by atoms with Gasteiger partial charge in [-0.15, -0.1) is 0 Å². The van der Waals surface area contributed by atoms with Crippen molar-refractivity contribution in [3.05, 3.63) is 53.3 Å². The molecule has 7 heteroatoms. The monoisotopic (exact) mass is 408 g/mol. The van der Waals surface area contributed by atoms with Crippen molar-refractivity contribution in [2.45, 2.75) is 57.7 Å². The minimum absolute atomic E-state index is 0.0319. The van der Waals surface area contributed by atoms with Crippen LogP contribution in [0.4, 0.5) is 10.7 Å². The first kappa shape index (κ1) is 20.6. The SMILES string of the molecule is CCCN1C[C@@H](NC(=O)N[C@@H](C)c2ccccc2)C[C@@H]2Cc3nc(N)ncc3C[C@H]21. The molecule has 1 aromatic carbocycles. The van der Waals surface area contributed by atoms with Gasteiger partial charge in [-0.3, -0.25) is 4.90 Å². The average Bonchev–Trinajstić information content (AvgIpc) is 2.73. The first-order valence-corrected chi connectivity index (χ1v) is 11.0. The minimum atomic E-state index is -0.103. The number of benzene rings is 1. The van der Waals surface area contributed by atoms with Crippen molar-refractivity contribution < 1.29 is 4.79 Å². The molecule has 0 radical (unpaired) electrons. The standard InChI is InChI=1S/C23H32N6O/c1-3-9-29-14-19(27-23(30)26-15(2)16-7-5-4-6-8-16)10-17-11-20-18(12-21(17)29)13-25-22(24)28-20/h4-8,13,15,17,19,21H,3,9-12,14H2,1-2H3,(H2,24,25,28)(H2,26,27,30)/t15-,17+,19-,21+/m0/s1. The van der Waals surface area contributed by atoms with Gasteiger partial charge in [0.25, 0.3) is 0 Å². The smallest absolute Gasteiger partial charge is 0.315 e. The molecule has 2 aromatic rings. The van der Waals surface area contributed by atoms with Crippen molar-refractivity contribution in [1.29, 1.82) is 0 Å². The molecule has 1 saturated heterocycles. The Kier molecular flexibility index (Phi) is 6.18. The highest BCUT2D eigenvalue weighted by atomic mass is 16.2. The number of hydrogen-bond acceptors (Lipinski definition) is 5. The maximum Gasteiger partial charge on any atom is 0.315 e. The van der Waals surface area contributed by atoms with E-state index in [2.05, 4.69) is 32.4 Å². The normalized spacial score (nSPS) is 24.4. The molecule has 4 rings (SSSR count). The van der Waals surface area contributed by atoms with Gasteiger partial charge in [-0.2, -0.15) is 0 Å². The molecule has 2 amide bonds. The largest absolute Gasteiger partial charge is 0.368 e. The van der Waals surface area contributed by atoms with Gasteiger partial charge in [-0.25, -0.2) is 14.8 Å². The van der Waals surface area contributed by atoms with Crippen LogP contribution >= 0.6 is 0 Å². The molecular formula is C23H32N6O. The Hall–Kier alpha value is -2.67. The van der Waals surface area contributed by atoms with Crippen molar-refractivity contribution in [1.82, 2.24) is 25.5 Å². The molecule has 2 heterocycles. The van der Waals surface area contributed by atoms with Crippen LogP contribution in [-0.4, -0.2) is 46.1 Å². The van der Waals surface area contributed by atoms with Gasteiger partial charge in [0.2, 0.25) is 5.95 Å². The van der Waals surface area contributed by atoms with Crippen LogP contribution in [0, 0.1) is 5.92 Å². The number of hydrogen-bond donors (Lipinski definition) is 3. The summed E-state index contributed by atoms with van der Waals surface area (Å²) in [5.41, 5.74) is 9.20. The number of piperidine rings is 1. The fraction of sp³-hybridized carbons (Fsp3) is 0.522. The summed E-state index contributed by atoms with van der Waals surface area (Å²) in [6.45, 7) is 6.14. The van der Waals surface area contributed by atoms with Crippen molar-refractivity contribution in [3.8, 4) is 0 Å². The Labute approximate surface area is 178 Å². The first-order chi connectivity index (χ1) is 14.5. The predicted molar refractivity (Wildman–Crippen MR) is 118 cm³/mol. The molecule has 2 aliphatic rings.